The van der Waals surface area contributed by atoms with Crippen LogP contribution in [0.1, 0.15) is 12.8 Å². The maximum atomic E-state index is 4.33. The zero-order valence-corrected chi connectivity index (χ0v) is 7.89. The highest BCUT2D eigenvalue weighted by Crippen LogP contribution is 2.20. The van der Waals surface area contributed by atoms with Crippen LogP contribution in [0.5, 0.6) is 0 Å². The average Bonchev–Trinajstić information content (AvgIpc) is 2.75. The predicted octanol–water partition coefficient (Wildman–Crippen LogP) is 1.18. The van der Waals surface area contributed by atoms with Crippen LogP contribution < -0.4 is 10.2 Å². The smallest absolute Gasteiger partial charge is 0.239 e. The summed E-state index contributed by atoms with van der Waals surface area (Å²) in [5.41, 5.74) is 0. The Morgan fingerprint density at radius 2 is 2.17 bits per heavy atom. The van der Waals surface area contributed by atoms with E-state index in [1.165, 1.54) is 24.4 Å². The number of nitrogens with zero attached hydrogens (tertiary/aromatic N) is 3. The van der Waals surface area contributed by atoms with Gasteiger partial charge >= 0.3 is 0 Å². The molecular formula is C7H12N4S. The predicted molar refractivity (Wildman–Crippen MR) is 50.9 cm³/mol. The first-order valence-corrected chi connectivity index (χ1v) is 4.94. The lowest BCUT2D eigenvalue weighted by atomic mass is 10.4. The van der Waals surface area contributed by atoms with Crippen molar-refractivity contribution in [2.75, 3.05) is 30.4 Å². The van der Waals surface area contributed by atoms with Crippen molar-refractivity contribution in [3.8, 4) is 0 Å². The van der Waals surface area contributed by atoms with Gasteiger partial charge in [-0.1, -0.05) is 0 Å². The van der Waals surface area contributed by atoms with Gasteiger partial charge < -0.3 is 10.2 Å². The van der Waals surface area contributed by atoms with E-state index in [2.05, 4.69) is 19.6 Å². The average molecular weight is 184 g/mol. The van der Waals surface area contributed by atoms with Gasteiger partial charge in [0, 0.05) is 31.7 Å². The number of aromatic nitrogens is 2. The van der Waals surface area contributed by atoms with Crippen LogP contribution in [0.15, 0.2) is 0 Å². The Morgan fingerprint density at radius 3 is 2.75 bits per heavy atom. The van der Waals surface area contributed by atoms with E-state index < -0.39 is 0 Å². The van der Waals surface area contributed by atoms with Crippen molar-refractivity contribution in [3.05, 3.63) is 0 Å². The summed E-state index contributed by atoms with van der Waals surface area (Å²) in [4.78, 5) is 6.57. The van der Waals surface area contributed by atoms with Gasteiger partial charge in [-0.15, -0.1) is 0 Å². The number of anilines is 2. The third-order valence-corrected chi connectivity index (χ3v) is 2.74. The third-order valence-electron chi connectivity index (χ3n) is 2.02. The molecule has 1 aliphatic rings. The standard InChI is InChI=1S/C7H12N4S/c1-8-7-9-6(10-12-7)11-4-2-3-5-11/h2-5H2,1H3,(H,8,9,10). The minimum atomic E-state index is 0.891. The molecule has 0 bridgehead atoms. The molecule has 1 fully saturated rings. The molecule has 0 saturated carbocycles. The molecule has 0 aromatic carbocycles. The second-order valence-electron chi connectivity index (χ2n) is 2.84. The highest BCUT2D eigenvalue weighted by atomic mass is 32.1. The molecule has 1 N–H and O–H groups in total. The van der Waals surface area contributed by atoms with E-state index in [4.69, 9.17) is 0 Å². The van der Waals surface area contributed by atoms with E-state index in [-0.39, 0.29) is 0 Å². The van der Waals surface area contributed by atoms with Gasteiger partial charge in [-0.05, 0) is 12.8 Å². The largest absolute Gasteiger partial charge is 0.363 e. The summed E-state index contributed by atoms with van der Waals surface area (Å²) in [6.07, 6.45) is 2.54. The summed E-state index contributed by atoms with van der Waals surface area (Å²) < 4.78 is 4.26. The molecule has 1 aliphatic heterocycles. The van der Waals surface area contributed by atoms with Crippen molar-refractivity contribution in [3.63, 3.8) is 0 Å². The van der Waals surface area contributed by atoms with Gasteiger partial charge in [0.1, 0.15) is 0 Å². The Labute approximate surface area is 75.8 Å². The molecule has 5 heteroatoms. The van der Waals surface area contributed by atoms with Gasteiger partial charge in [-0.2, -0.15) is 9.36 Å². The fourth-order valence-electron chi connectivity index (χ4n) is 1.36. The Bertz CT molecular complexity index is 254. The molecular weight excluding hydrogens is 172 g/mol. The van der Waals surface area contributed by atoms with Gasteiger partial charge in [0.05, 0.1) is 0 Å². The zero-order chi connectivity index (χ0) is 8.39. The van der Waals surface area contributed by atoms with E-state index in [0.29, 0.717) is 0 Å². The van der Waals surface area contributed by atoms with Crippen molar-refractivity contribution < 1.29 is 0 Å². The normalized spacial score (nSPS) is 16.9. The van der Waals surface area contributed by atoms with E-state index in [1.807, 2.05) is 7.05 Å². The molecule has 2 heterocycles. The van der Waals surface area contributed by atoms with Crippen molar-refractivity contribution in [1.29, 1.82) is 0 Å². The third kappa shape index (κ3) is 1.36. The lowest BCUT2D eigenvalue weighted by Crippen LogP contribution is -2.18. The van der Waals surface area contributed by atoms with E-state index in [1.54, 1.807) is 0 Å². The number of hydrogen-bond donors (Lipinski definition) is 1. The molecule has 0 amide bonds. The van der Waals surface area contributed by atoms with E-state index in [0.717, 1.165) is 24.2 Å². The van der Waals surface area contributed by atoms with Crippen LogP contribution in [0.3, 0.4) is 0 Å². The Hall–Kier alpha value is -0.840. The molecule has 66 valence electrons. The van der Waals surface area contributed by atoms with Crippen LogP contribution in [0.2, 0.25) is 0 Å². The molecule has 0 spiro atoms. The second-order valence-corrected chi connectivity index (χ2v) is 3.60. The minimum Gasteiger partial charge on any atom is -0.363 e. The van der Waals surface area contributed by atoms with Crippen molar-refractivity contribution in [2.45, 2.75) is 12.8 Å². The van der Waals surface area contributed by atoms with E-state index in [9.17, 15) is 0 Å². The van der Waals surface area contributed by atoms with Crippen molar-refractivity contribution in [1.82, 2.24) is 9.36 Å². The number of hydrogen-bond acceptors (Lipinski definition) is 5. The first-order chi connectivity index (χ1) is 5.90. The monoisotopic (exact) mass is 184 g/mol. The Balaban J connectivity index is 2.11. The van der Waals surface area contributed by atoms with Gasteiger partial charge in [-0.3, -0.25) is 0 Å². The molecule has 1 aromatic rings. The zero-order valence-electron chi connectivity index (χ0n) is 7.08. The SMILES string of the molecule is CNc1nc(N2CCCC2)ns1. The molecule has 0 unspecified atom stereocenters. The second kappa shape index (κ2) is 3.26. The molecule has 2 rings (SSSR count). The lowest BCUT2D eigenvalue weighted by Gasteiger charge is -2.10. The maximum absolute atomic E-state index is 4.33. The molecule has 1 aromatic heterocycles. The van der Waals surface area contributed by atoms with Crippen LogP contribution in [0.25, 0.3) is 0 Å². The summed E-state index contributed by atoms with van der Waals surface area (Å²) >= 11 is 1.42. The minimum absolute atomic E-state index is 0.891. The first-order valence-electron chi connectivity index (χ1n) is 4.16. The topological polar surface area (TPSA) is 41.1 Å². The van der Waals surface area contributed by atoms with Gasteiger partial charge in [0.25, 0.3) is 0 Å². The highest BCUT2D eigenvalue weighted by molar-refractivity contribution is 7.09. The van der Waals surface area contributed by atoms with Gasteiger partial charge in [-0.25, -0.2) is 0 Å². The number of nitrogens with one attached hydrogen (secondary N) is 1. The molecule has 4 nitrogen and oxygen atoms in total. The summed E-state index contributed by atoms with van der Waals surface area (Å²) in [6, 6.07) is 0. The molecule has 0 atom stereocenters. The Kier molecular flexibility index (Phi) is 2.12. The quantitative estimate of drug-likeness (QED) is 0.749. The molecule has 12 heavy (non-hydrogen) atoms. The van der Waals surface area contributed by atoms with E-state index >= 15 is 0 Å². The fourth-order valence-corrected chi connectivity index (χ4v) is 1.90. The van der Waals surface area contributed by atoms with Crippen LogP contribution >= 0.6 is 11.5 Å². The molecule has 0 aliphatic carbocycles. The lowest BCUT2D eigenvalue weighted by molar-refractivity contribution is 0.922. The summed E-state index contributed by atoms with van der Waals surface area (Å²) in [6.45, 7) is 2.22. The van der Waals surface area contributed by atoms with Crippen molar-refractivity contribution >= 4 is 22.6 Å². The van der Waals surface area contributed by atoms with Crippen LogP contribution in [-0.4, -0.2) is 29.5 Å². The fraction of sp³-hybridized carbons (Fsp3) is 0.714. The molecule has 0 radical (unpaired) electrons. The Morgan fingerprint density at radius 1 is 1.42 bits per heavy atom. The van der Waals surface area contributed by atoms with Crippen LogP contribution in [-0.2, 0) is 0 Å². The van der Waals surface area contributed by atoms with Crippen molar-refractivity contribution in [2.24, 2.45) is 0 Å². The maximum Gasteiger partial charge on any atom is 0.239 e. The summed E-state index contributed by atoms with van der Waals surface area (Å²) in [5, 5.41) is 3.89. The summed E-state index contributed by atoms with van der Waals surface area (Å²) in [5.74, 6) is 0.891. The van der Waals surface area contributed by atoms with Crippen LogP contribution in [0.4, 0.5) is 11.1 Å². The van der Waals surface area contributed by atoms with Gasteiger partial charge in [0.2, 0.25) is 11.1 Å². The highest BCUT2D eigenvalue weighted by Gasteiger charge is 2.16. The summed E-state index contributed by atoms with van der Waals surface area (Å²) in [7, 11) is 1.87. The van der Waals surface area contributed by atoms with Crippen LogP contribution in [0, 0.1) is 0 Å². The first kappa shape index (κ1) is 7.79. The molecule has 1 saturated heterocycles. The number of rotatable bonds is 2. The van der Waals surface area contributed by atoms with Gasteiger partial charge in [0.15, 0.2) is 0 Å².